The van der Waals surface area contributed by atoms with Crippen LogP contribution in [0.5, 0.6) is 0 Å². The summed E-state index contributed by atoms with van der Waals surface area (Å²) >= 11 is 0. The van der Waals surface area contributed by atoms with Gasteiger partial charge in [-0.1, -0.05) is 55.7 Å². The van der Waals surface area contributed by atoms with Crippen LogP contribution in [0.2, 0.25) is 0 Å². The molecule has 1 saturated carbocycles. The molecule has 0 aromatic heterocycles. The van der Waals surface area contributed by atoms with E-state index >= 15 is 0 Å². The summed E-state index contributed by atoms with van der Waals surface area (Å²) in [5.74, 6) is -0.204. The summed E-state index contributed by atoms with van der Waals surface area (Å²) in [6.45, 7) is 0.279. The summed E-state index contributed by atoms with van der Waals surface area (Å²) in [5, 5.41) is 3.04. The Balaban J connectivity index is 1.74. The van der Waals surface area contributed by atoms with Crippen LogP contribution in [0, 0.1) is 0 Å². The van der Waals surface area contributed by atoms with Gasteiger partial charge in [-0.25, -0.2) is 8.42 Å². The number of amides is 1. The molecule has 0 spiro atoms. The Hall–Kier alpha value is -2.18. The quantitative estimate of drug-likeness (QED) is 0.825. The van der Waals surface area contributed by atoms with Crippen molar-refractivity contribution < 1.29 is 13.2 Å². The van der Waals surface area contributed by atoms with Crippen molar-refractivity contribution in [3.63, 3.8) is 0 Å². The van der Waals surface area contributed by atoms with Gasteiger partial charge in [0.15, 0.2) is 0 Å². The van der Waals surface area contributed by atoms with Gasteiger partial charge in [0, 0.05) is 25.2 Å². The number of hydrogen-bond donors (Lipinski definition) is 1. The van der Waals surface area contributed by atoms with E-state index in [-0.39, 0.29) is 23.4 Å². The molecule has 0 atom stereocenters. The summed E-state index contributed by atoms with van der Waals surface area (Å²) in [6, 6.07) is 15.9. The van der Waals surface area contributed by atoms with Crippen LogP contribution in [-0.4, -0.2) is 31.7 Å². The van der Waals surface area contributed by atoms with Crippen LogP contribution in [0.1, 0.15) is 48.0 Å². The maximum atomic E-state index is 12.9. The lowest BCUT2D eigenvalue weighted by Crippen LogP contribution is -2.36. The largest absolute Gasteiger partial charge is 0.349 e. The predicted molar refractivity (Wildman–Crippen MR) is 106 cm³/mol. The zero-order valence-corrected chi connectivity index (χ0v) is 16.4. The van der Waals surface area contributed by atoms with E-state index in [9.17, 15) is 13.2 Å². The Morgan fingerprint density at radius 1 is 1.04 bits per heavy atom. The third-order valence-corrected chi connectivity index (χ3v) is 6.79. The Morgan fingerprint density at radius 3 is 2.44 bits per heavy atom. The predicted octanol–water partition coefficient (Wildman–Crippen LogP) is 3.57. The fourth-order valence-corrected chi connectivity index (χ4v) is 4.62. The summed E-state index contributed by atoms with van der Waals surface area (Å²) in [6.07, 6.45) is 5.45. The molecule has 1 aliphatic carbocycles. The zero-order valence-electron chi connectivity index (χ0n) is 15.6. The van der Waals surface area contributed by atoms with E-state index in [1.54, 1.807) is 19.2 Å². The van der Waals surface area contributed by atoms with Crippen molar-refractivity contribution in [3.8, 4) is 0 Å². The smallest absolute Gasteiger partial charge is 0.251 e. The average Bonchev–Trinajstić information content (AvgIpc) is 2.69. The minimum atomic E-state index is -3.67. The molecule has 2 aromatic rings. The first-order valence-electron chi connectivity index (χ1n) is 9.38. The van der Waals surface area contributed by atoms with Crippen molar-refractivity contribution in [2.75, 3.05) is 7.05 Å². The van der Waals surface area contributed by atoms with Gasteiger partial charge >= 0.3 is 0 Å². The lowest BCUT2D eigenvalue weighted by atomic mass is 9.95. The topological polar surface area (TPSA) is 66.5 Å². The number of sulfonamides is 1. The third-order valence-electron chi connectivity index (χ3n) is 4.99. The maximum Gasteiger partial charge on any atom is 0.251 e. The Labute approximate surface area is 161 Å². The molecule has 0 bridgehead atoms. The van der Waals surface area contributed by atoms with Crippen molar-refractivity contribution in [2.24, 2.45) is 0 Å². The van der Waals surface area contributed by atoms with Gasteiger partial charge in [0.05, 0.1) is 4.90 Å². The minimum absolute atomic E-state index is 0.136. The molecule has 1 aliphatic rings. The molecule has 0 heterocycles. The molecular formula is C21H26N2O3S. The molecule has 1 amide bonds. The van der Waals surface area contributed by atoms with Crippen molar-refractivity contribution in [1.29, 1.82) is 0 Å². The monoisotopic (exact) mass is 386 g/mol. The Bertz CT molecular complexity index is 875. The van der Waals surface area contributed by atoms with Crippen LogP contribution in [-0.2, 0) is 16.6 Å². The van der Waals surface area contributed by atoms with Gasteiger partial charge in [-0.05, 0) is 36.6 Å². The van der Waals surface area contributed by atoms with Crippen molar-refractivity contribution in [3.05, 3.63) is 65.7 Å². The van der Waals surface area contributed by atoms with Gasteiger partial charge in [-0.2, -0.15) is 4.31 Å². The van der Waals surface area contributed by atoms with E-state index in [4.69, 9.17) is 0 Å². The van der Waals surface area contributed by atoms with Crippen LogP contribution in [0.4, 0.5) is 0 Å². The average molecular weight is 387 g/mol. The highest BCUT2D eigenvalue weighted by Gasteiger charge is 2.23. The van der Waals surface area contributed by atoms with Crippen molar-refractivity contribution >= 4 is 15.9 Å². The number of benzene rings is 2. The molecule has 1 N–H and O–H groups in total. The van der Waals surface area contributed by atoms with Crippen molar-refractivity contribution in [2.45, 2.75) is 49.6 Å². The van der Waals surface area contributed by atoms with Gasteiger partial charge in [0.1, 0.15) is 0 Å². The first-order valence-corrected chi connectivity index (χ1v) is 10.8. The normalized spacial score (nSPS) is 15.6. The van der Waals surface area contributed by atoms with Crippen LogP contribution in [0.25, 0.3) is 0 Å². The van der Waals surface area contributed by atoms with Crippen molar-refractivity contribution in [1.82, 2.24) is 9.62 Å². The second-order valence-corrected chi connectivity index (χ2v) is 9.13. The van der Waals surface area contributed by atoms with E-state index in [1.165, 1.54) is 22.9 Å². The van der Waals surface area contributed by atoms with E-state index < -0.39 is 10.0 Å². The number of hydrogen-bond acceptors (Lipinski definition) is 3. The maximum absolute atomic E-state index is 12.9. The standard InChI is InChI=1S/C21H26N2O3S/c1-23(16-17-9-4-2-5-10-17)27(25,26)20-14-8-11-18(15-20)21(24)22-19-12-6-3-7-13-19/h2,4-5,8-11,14-15,19H,3,6-7,12-13,16H2,1H3,(H,22,24). The Morgan fingerprint density at radius 2 is 1.74 bits per heavy atom. The molecule has 2 aromatic carbocycles. The molecular weight excluding hydrogens is 360 g/mol. The van der Waals surface area contributed by atoms with Gasteiger partial charge in [0.2, 0.25) is 10.0 Å². The second kappa shape index (κ2) is 8.67. The first-order chi connectivity index (χ1) is 13.0. The Kier molecular flexibility index (Phi) is 6.29. The van der Waals surface area contributed by atoms with E-state index in [2.05, 4.69) is 5.32 Å². The fraction of sp³-hybridized carbons (Fsp3) is 0.381. The molecule has 0 unspecified atom stereocenters. The van der Waals surface area contributed by atoms with Crippen LogP contribution >= 0.6 is 0 Å². The molecule has 0 radical (unpaired) electrons. The molecule has 6 heteroatoms. The SMILES string of the molecule is CN(Cc1ccccc1)S(=O)(=O)c1cccc(C(=O)NC2CCCCC2)c1. The summed E-state index contributed by atoms with van der Waals surface area (Å²) in [4.78, 5) is 12.7. The summed E-state index contributed by atoms with van der Waals surface area (Å²) in [7, 11) is -2.12. The highest BCUT2D eigenvalue weighted by Crippen LogP contribution is 2.20. The lowest BCUT2D eigenvalue weighted by molar-refractivity contribution is 0.0927. The molecule has 0 aliphatic heterocycles. The summed E-state index contributed by atoms with van der Waals surface area (Å²) < 4.78 is 27.1. The molecule has 144 valence electrons. The third kappa shape index (κ3) is 4.96. The van der Waals surface area contributed by atoms with E-state index in [1.807, 2.05) is 30.3 Å². The van der Waals surface area contributed by atoms with Gasteiger partial charge in [-0.3, -0.25) is 4.79 Å². The van der Waals surface area contributed by atoms with Gasteiger partial charge in [-0.15, -0.1) is 0 Å². The minimum Gasteiger partial charge on any atom is -0.349 e. The number of carbonyl (C=O) groups is 1. The highest BCUT2D eigenvalue weighted by molar-refractivity contribution is 7.89. The molecule has 5 nitrogen and oxygen atoms in total. The number of nitrogens with one attached hydrogen (secondary N) is 1. The second-order valence-electron chi connectivity index (χ2n) is 7.08. The lowest BCUT2D eigenvalue weighted by Gasteiger charge is -2.23. The number of rotatable bonds is 6. The van der Waals surface area contributed by atoms with Crippen LogP contribution in [0.3, 0.4) is 0 Å². The summed E-state index contributed by atoms with van der Waals surface area (Å²) in [5.41, 5.74) is 1.30. The van der Waals surface area contributed by atoms with E-state index in [0.717, 1.165) is 31.2 Å². The zero-order chi connectivity index (χ0) is 19.3. The van der Waals surface area contributed by atoms with E-state index in [0.29, 0.717) is 5.56 Å². The van der Waals surface area contributed by atoms with Gasteiger partial charge < -0.3 is 5.32 Å². The molecule has 3 rings (SSSR count). The molecule has 1 fully saturated rings. The van der Waals surface area contributed by atoms with Crippen LogP contribution in [0.15, 0.2) is 59.5 Å². The highest BCUT2D eigenvalue weighted by atomic mass is 32.2. The fourth-order valence-electron chi connectivity index (χ4n) is 3.42. The van der Waals surface area contributed by atoms with Gasteiger partial charge in [0.25, 0.3) is 5.91 Å². The number of carbonyl (C=O) groups excluding carboxylic acids is 1. The van der Waals surface area contributed by atoms with Crippen LogP contribution < -0.4 is 5.32 Å². The molecule has 27 heavy (non-hydrogen) atoms. The molecule has 0 saturated heterocycles. The number of nitrogens with zero attached hydrogens (tertiary/aromatic N) is 1. The first kappa shape index (κ1) is 19.6.